The highest BCUT2D eigenvalue weighted by molar-refractivity contribution is 7.92. The normalized spacial score (nSPS) is 11.3. The molecule has 0 fully saturated rings. The summed E-state index contributed by atoms with van der Waals surface area (Å²) in [7, 11) is -2.74. The number of hydrazone groups is 1. The number of anilines is 1. The molecule has 1 N–H and O–H groups in total. The average molecular weight is 497 g/mol. The number of benzene rings is 3. The Hall–Kier alpha value is -4.25. The van der Waals surface area contributed by atoms with Crippen LogP contribution in [0.25, 0.3) is 0 Å². The molecule has 0 saturated carbocycles. The summed E-state index contributed by atoms with van der Waals surface area (Å²) in [5, 5.41) is 15.0. The second kappa shape index (κ2) is 10.8. The van der Waals surface area contributed by atoms with Crippen LogP contribution in [0, 0.1) is 24.0 Å². The maximum Gasteiger partial charge on any atom is 0.311 e. The fourth-order valence-corrected chi connectivity index (χ4v) is 4.80. The molecular weight excluding hydrogens is 472 g/mol. The van der Waals surface area contributed by atoms with Crippen molar-refractivity contribution in [3.05, 3.63) is 93.5 Å². The van der Waals surface area contributed by atoms with Crippen molar-refractivity contribution in [1.29, 1.82) is 0 Å². The predicted octanol–water partition coefficient (Wildman–Crippen LogP) is 3.57. The van der Waals surface area contributed by atoms with Gasteiger partial charge in [0.15, 0.2) is 5.75 Å². The zero-order chi connectivity index (χ0) is 25.6. The third-order valence-electron chi connectivity index (χ3n) is 5.27. The first-order valence-corrected chi connectivity index (χ1v) is 11.9. The van der Waals surface area contributed by atoms with Crippen LogP contribution in [-0.2, 0) is 14.8 Å². The lowest BCUT2D eigenvalue weighted by Crippen LogP contribution is -2.40. The van der Waals surface area contributed by atoms with Crippen molar-refractivity contribution >= 4 is 33.5 Å². The second-order valence-electron chi connectivity index (χ2n) is 7.53. The molecule has 0 spiro atoms. The molecule has 0 aliphatic rings. The van der Waals surface area contributed by atoms with E-state index in [1.54, 1.807) is 37.3 Å². The summed E-state index contributed by atoms with van der Waals surface area (Å²) in [5.74, 6) is -0.601. The molecule has 0 heterocycles. The fraction of sp³-hybridized carbons (Fsp3) is 0.167. The zero-order valence-corrected chi connectivity index (χ0v) is 20.2. The Balaban J connectivity index is 1.86. The van der Waals surface area contributed by atoms with E-state index in [0.29, 0.717) is 16.8 Å². The fourth-order valence-electron chi connectivity index (χ4n) is 3.30. The molecule has 3 rings (SSSR count). The van der Waals surface area contributed by atoms with Crippen LogP contribution in [0.3, 0.4) is 0 Å². The van der Waals surface area contributed by atoms with Gasteiger partial charge in [0, 0.05) is 11.6 Å². The van der Waals surface area contributed by atoms with Crippen molar-refractivity contribution in [2.75, 3.05) is 18.0 Å². The van der Waals surface area contributed by atoms with Gasteiger partial charge in [-0.05, 0) is 55.3 Å². The summed E-state index contributed by atoms with van der Waals surface area (Å²) in [4.78, 5) is 23.3. The zero-order valence-electron chi connectivity index (χ0n) is 19.3. The maximum atomic E-state index is 13.4. The van der Waals surface area contributed by atoms with E-state index in [9.17, 15) is 23.3 Å². The van der Waals surface area contributed by atoms with Gasteiger partial charge >= 0.3 is 5.69 Å². The first-order valence-electron chi connectivity index (χ1n) is 10.4. The number of sulfonamides is 1. The minimum absolute atomic E-state index is 0.0442. The Bertz CT molecular complexity index is 1370. The number of aryl methyl sites for hydroxylation is 1. The molecular formula is C24H24N4O6S. The summed E-state index contributed by atoms with van der Waals surface area (Å²) in [6.07, 6.45) is 1.22. The highest BCUT2D eigenvalue weighted by atomic mass is 32.2. The van der Waals surface area contributed by atoms with Gasteiger partial charge < -0.3 is 4.74 Å². The van der Waals surface area contributed by atoms with Crippen molar-refractivity contribution < 1.29 is 22.9 Å². The second-order valence-corrected chi connectivity index (χ2v) is 9.39. The van der Waals surface area contributed by atoms with Crippen LogP contribution in [0.1, 0.15) is 16.7 Å². The van der Waals surface area contributed by atoms with E-state index < -0.39 is 27.4 Å². The van der Waals surface area contributed by atoms with Crippen LogP contribution in [0.4, 0.5) is 11.4 Å². The highest BCUT2D eigenvalue weighted by Gasteiger charge is 2.28. The number of hydrogen-bond acceptors (Lipinski definition) is 7. The molecule has 182 valence electrons. The number of carbonyl (C=O) groups is 1. The van der Waals surface area contributed by atoms with Gasteiger partial charge in [0.05, 0.1) is 28.8 Å². The lowest BCUT2D eigenvalue weighted by atomic mass is 10.1. The minimum atomic E-state index is -4.06. The third-order valence-corrected chi connectivity index (χ3v) is 7.04. The summed E-state index contributed by atoms with van der Waals surface area (Å²) in [6, 6.07) is 17.2. The Morgan fingerprint density at radius 1 is 1.11 bits per heavy atom. The molecule has 0 unspecified atom stereocenters. The van der Waals surface area contributed by atoms with Gasteiger partial charge in [0.2, 0.25) is 0 Å². The summed E-state index contributed by atoms with van der Waals surface area (Å²) < 4.78 is 32.8. The van der Waals surface area contributed by atoms with Gasteiger partial charge in [-0.3, -0.25) is 19.2 Å². The number of nitro groups is 1. The molecule has 0 saturated heterocycles. The Labute approximate surface area is 203 Å². The van der Waals surface area contributed by atoms with Gasteiger partial charge in [-0.15, -0.1) is 0 Å². The van der Waals surface area contributed by atoms with Crippen molar-refractivity contribution in [2.45, 2.75) is 18.7 Å². The van der Waals surface area contributed by atoms with Crippen molar-refractivity contribution in [3.63, 3.8) is 0 Å². The number of methoxy groups -OCH3 is 1. The molecule has 10 nitrogen and oxygen atoms in total. The molecule has 0 aromatic heterocycles. The van der Waals surface area contributed by atoms with Crippen LogP contribution in [0.5, 0.6) is 5.75 Å². The van der Waals surface area contributed by atoms with E-state index in [-0.39, 0.29) is 16.3 Å². The lowest BCUT2D eigenvalue weighted by Gasteiger charge is -2.26. The van der Waals surface area contributed by atoms with Crippen molar-refractivity contribution in [3.8, 4) is 5.75 Å². The van der Waals surface area contributed by atoms with Crippen LogP contribution in [0.15, 0.2) is 76.7 Å². The van der Waals surface area contributed by atoms with Crippen molar-refractivity contribution in [2.24, 2.45) is 5.10 Å². The number of carbonyl (C=O) groups excluding carboxylic acids is 1. The van der Waals surface area contributed by atoms with Crippen LogP contribution < -0.4 is 14.5 Å². The maximum absolute atomic E-state index is 13.4. The number of nitrogens with one attached hydrogen (secondary N) is 1. The number of nitrogens with zero attached hydrogens (tertiary/aromatic N) is 3. The van der Waals surface area contributed by atoms with Crippen molar-refractivity contribution in [1.82, 2.24) is 5.43 Å². The molecule has 0 atom stereocenters. The molecule has 1 amide bonds. The van der Waals surface area contributed by atoms with E-state index in [1.165, 1.54) is 43.7 Å². The average Bonchev–Trinajstić information content (AvgIpc) is 2.85. The predicted molar refractivity (Wildman–Crippen MR) is 132 cm³/mol. The van der Waals surface area contributed by atoms with Crippen LogP contribution >= 0.6 is 0 Å². The molecule has 0 aliphatic heterocycles. The van der Waals surface area contributed by atoms with E-state index in [0.717, 1.165) is 9.87 Å². The molecule has 0 bridgehead atoms. The van der Waals surface area contributed by atoms with Gasteiger partial charge in [0.1, 0.15) is 6.54 Å². The van der Waals surface area contributed by atoms with Gasteiger partial charge in [-0.1, -0.05) is 30.3 Å². The van der Waals surface area contributed by atoms with Gasteiger partial charge in [-0.25, -0.2) is 13.8 Å². The highest BCUT2D eigenvalue weighted by Crippen LogP contribution is 2.29. The third kappa shape index (κ3) is 5.82. The molecule has 0 aliphatic carbocycles. The largest absolute Gasteiger partial charge is 0.490 e. The summed E-state index contributed by atoms with van der Waals surface area (Å²) in [6.45, 7) is 3.11. The van der Waals surface area contributed by atoms with Gasteiger partial charge in [-0.2, -0.15) is 5.10 Å². The number of rotatable bonds is 9. The molecule has 0 radical (unpaired) electrons. The Morgan fingerprint density at radius 2 is 1.83 bits per heavy atom. The standard InChI is InChI=1S/C24H24N4O6S/c1-17-8-7-11-21(18(17)2)27(35(32,33)20-9-5-4-6-10-20)16-24(29)26-25-15-19-12-13-23(34-3)22(14-19)28(30)31/h4-15H,16H2,1-3H3,(H,26,29)/b25-15-. The summed E-state index contributed by atoms with van der Waals surface area (Å²) >= 11 is 0. The van der Waals surface area contributed by atoms with Gasteiger partial charge in [0.25, 0.3) is 15.9 Å². The number of ether oxygens (including phenoxy) is 1. The monoisotopic (exact) mass is 496 g/mol. The summed E-state index contributed by atoms with van der Waals surface area (Å²) in [5.41, 5.74) is 4.35. The minimum Gasteiger partial charge on any atom is -0.490 e. The first kappa shape index (κ1) is 25.4. The number of hydrogen-bond donors (Lipinski definition) is 1. The molecule has 35 heavy (non-hydrogen) atoms. The quantitative estimate of drug-likeness (QED) is 0.274. The Kier molecular flexibility index (Phi) is 7.82. The molecule has 11 heteroatoms. The van der Waals surface area contributed by atoms with Crippen LogP contribution in [-0.4, -0.2) is 39.1 Å². The topological polar surface area (TPSA) is 131 Å². The lowest BCUT2D eigenvalue weighted by molar-refractivity contribution is -0.385. The number of amides is 1. The first-order chi connectivity index (χ1) is 16.6. The Morgan fingerprint density at radius 3 is 2.49 bits per heavy atom. The molecule has 3 aromatic rings. The molecule has 3 aromatic carbocycles. The number of nitro benzene ring substituents is 1. The van der Waals surface area contributed by atoms with E-state index in [2.05, 4.69) is 10.5 Å². The van der Waals surface area contributed by atoms with E-state index >= 15 is 0 Å². The van der Waals surface area contributed by atoms with E-state index in [1.807, 2.05) is 13.0 Å². The SMILES string of the molecule is COc1ccc(/C=N\NC(=O)CN(c2cccc(C)c2C)S(=O)(=O)c2ccccc2)cc1[N+](=O)[O-]. The van der Waals surface area contributed by atoms with Crippen LogP contribution in [0.2, 0.25) is 0 Å². The van der Waals surface area contributed by atoms with E-state index in [4.69, 9.17) is 4.74 Å². The smallest absolute Gasteiger partial charge is 0.311 e.